The molecule has 4 aromatic rings. The molecule has 212 valence electrons. The number of hydrogen-bond acceptors (Lipinski definition) is 3. The topological polar surface area (TPSA) is 54.6 Å². The lowest BCUT2D eigenvalue weighted by molar-refractivity contribution is -0.0221. The molecule has 0 spiro atoms. The molecule has 5 heteroatoms. The maximum absolute atomic E-state index is 14.3. The number of hydrogen-bond donors (Lipinski definition) is 1. The Balaban J connectivity index is 1.24. The molecule has 1 aliphatic carbocycles. The lowest BCUT2D eigenvalue weighted by Gasteiger charge is -2.45. The van der Waals surface area contributed by atoms with Crippen LogP contribution in [-0.2, 0) is 23.0 Å². The second-order valence-corrected chi connectivity index (χ2v) is 12.9. The second-order valence-electron chi connectivity index (χ2n) is 12.9. The smallest absolute Gasteiger partial charge is 0.410 e. The molecule has 3 aromatic carbocycles. The van der Waals surface area contributed by atoms with Crippen molar-refractivity contribution in [1.82, 2.24) is 9.88 Å². The van der Waals surface area contributed by atoms with Gasteiger partial charge >= 0.3 is 6.09 Å². The summed E-state index contributed by atoms with van der Waals surface area (Å²) in [5.74, 6) is 1.75. The van der Waals surface area contributed by atoms with Crippen LogP contribution in [0.25, 0.3) is 10.9 Å². The third kappa shape index (κ3) is 4.60. The summed E-state index contributed by atoms with van der Waals surface area (Å²) in [7, 11) is 0. The van der Waals surface area contributed by atoms with Crippen LogP contribution in [0, 0.1) is 11.8 Å². The molecule has 1 N–H and O–H groups in total. The van der Waals surface area contributed by atoms with E-state index in [0.717, 1.165) is 54.6 Å². The maximum Gasteiger partial charge on any atom is 0.410 e. The quantitative estimate of drug-likeness (QED) is 0.281. The molecular formula is C36H40N2O3. The molecule has 1 aromatic heterocycles. The molecule has 0 bridgehead atoms. The van der Waals surface area contributed by atoms with Crippen LogP contribution in [0.5, 0.6) is 5.75 Å². The van der Waals surface area contributed by atoms with E-state index in [2.05, 4.69) is 98.6 Å². The van der Waals surface area contributed by atoms with E-state index < -0.39 is 0 Å². The van der Waals surface area contributed by atoms with Crippen LogP contribution in [-0.4, -0.2) is 35.2 Å². The first kappa shape index (κ1) is 26.2. The van der Waals surface area contributed by atoms with Gasteiger partial charge < -0.3 is 14.5 Å². The molecule has 4 atom stereocenters. The SMILES string of the molecule is CC1CCC(C(C)(C)c2ccccc2)C(OC(=O)N2CCc3c([nH]c4ccccc34)[C@H]2c2ccc3c(c2)CCO3)C1. The Kier molecular flexibility index (Phi) is 6.56. The van der Waals surface area contributed by atoms with E-state index in [4.69, 9.17) is 9.47 Å². The zero-order chi connectivity index (χ0) is 28.1. The van der Waals surface area contributed by atoms with Gasteiger partial charge in [0.25, 0.3) is 0 Å². The number of nitrogens with one attached hydrogen (secondary N) is 1. The number of carbonyl (C=O) groups is 1. The Morgan fingerprint density at radius 2 is 1.80 bits per heavy atom. The third-order valence-corrected chi connectivity index (χ3v) is 10.0. The van der Waals surface area contributed by atoms with Gasteiger partial charge in [-0.2, -0.15) is 0 Å². The monoisotopic (exact) mass is 548 g/mol. The number of nitrogens with zero attached hydrogens (tertiary/aromatic N) is 1. The minimum atomic E-state index is -0.230. The van der Waals surface area contributed by atoms with Gasteiger partial charge in [-0.25, -0.2) is 4.79 Å². The lowest BCUT2D eigenvalue weighted by atomic mass is 9.64. The predicted octanol–water partition coefficient (Wildman–Crippen LogP) is 7.97. The van der Waals surface area contributed by atoms with Crippen LogP contribution in [0.4, 0.5) is 4.79 Å². The minimum Gasteiger partial charge on any atom is -0.493 e. The van der Waals surface area contributed by atoms with Gasteiger partial charge in [0.2, 0.25) is 0 Å². The summed E-state index contributed by atoms with van der Waals surface area (Å²) in [6, 6.07) is 25.4. The third-order valence-electron chi connectivity index (χ3n) is 10.0. The largest absolute Gasteiger partial charge is 0.493 e. The van der Waals surface area contributed by atoms with Gasteiger partial charge in [0.1, 0.15) is 17.9 Å². The summed E-state index contributed by atoms with van der Waals surface area (Å²) in [4.78, 5) is 20.0. The van der Waals surface area contributed by atoms with Gasteiger partial charge in [-0.3, -0.25) is 4.90 Å². The van der Waals surface area contributed by atoms with Crippen LogP contribution in [0.2, 0.25) is 0 Å². The number of amides is 1. The zero-order valence-corrected chi connectivity index (χ0v) is 24.4. The molecule has 1 saturated carbocycles. The van der Waals surface area contributed by atoms with Crippen molar-refractivity contribution in [3.05, 3.63) is 101 Å². The normalized spacial score (nSPS) is 24.0. The summed E-state index contributed by atoms with van der Waals surface area (Å²) in [5, 5.41) is 1.25. The van der Waals surface area contributed by atoms with Crippen molar-refractivity contribution in [1.29, 1.82) is 0 Å². The van der Waals surface area contributed by atoms with E-state index in [1.807, 2.05) is 4.90 Å². The van der Waals surface area contributed by atoms with E-state index in [9.17, 15) is 4.79 Å². The summed E-state index contributed by atoms with van der Waals surface area (Å²) in [6.07, 6.45) is 4.50. The molecule has 1 fully saturated rings. The number of H-pyrrole nitrogens is 1. The molecule has 0 radical (unpaired) electrons. The summed E-state index contributed by atoms with van der Waals surface area (Å²) < 4.78 is 12.4. The molecule has 3 heterocycles. The average molecular weight is 549 g/mol. The van der Waals surface area contributed by atoms with Crippen molar-refractivity contribution in [2.75, 3.05) is 13.2 Å². The Morgan fingerprint density at radius 1 is 1.00 bits per heavy atom. The average Bonchev–Trinajstić information content (AvgIpc) is 3.61. The van der Waals surface area contributed by atoms with Gasteiger partial charge in [0.15, 0.2) is 0 Å². The van der Waals surface area contributed by atoms with Crippen molar-refractivity contribution in [3.8, 4) is 5.75 Å². The zero-order valence-electron chi connectivity index (χ0n) is 24.4. The summed E-state index contributed by atoms with van der Waals surface area (Å²) in [5.41, 5.74) is 7.05. The number of ether oxygens (including phenoxy) is 2. The van der Waals surface area contributed by atoms with Crippen molar-refractivity contribution in [2.24, 2.45) is 11.8 Å². The molecule has 3 aliphatic rings. The molecule has 5 nitrogen and oxygen atoms in total. The first-order chi connectivity index (χ1) is 19.9. The van der Waals surface area contributed by atoms with E-state index in [-0.39, 0.29) is 29.6 Å². The van der Waals surface area contributed by atoms with E-state index in [1.165, 1.54) is 22.1 Å². The Hall–Kier alpha value is -3.73. The Morgan fingerprint density at radius 3 is 2.66 bits per heavy atom. The molecule has 0 saturated heterocycles. The molecule has 2 aliphatic heterocycles. The molecule has 41 heavy (non-hydrogen) atoms. The minimum absolute atomic E-state index is 0.0992. The highest BCUT2D eigenvalue weighted by Gasteiger charge is 2.44. The number of carbonyl (C=O) groups excluding carboxylic acids is 1. The van der Waals surface area contributed by atoms with Crippen molar-refractivity contribution in [2.45, 2.75) is 70.4 Å². The molecule has 7 rings (SSSR count). The molecule has 1 amide bonds. The number of benzene rings is 3. The molecule has 3 unspecified atom stereocenters. The number of rotatable bonds is 4. The predicted molar refractivity (Wildman–Crippen MR) is 162 cm³/mol. The van der Waals surface area contributed by atoms with Crippen molar-refractivity contribution in [3.63, 3.8) is 0 Å². The van der Waals surface area contributed by atoms with E-state index >= 15 is 0 Å². The first-order valence-corrected chi connectivity index (χ1v) is 15.3. The fraction of sp³-hybridized carbons (Fsp3) is 0.417. The highest BCUT2D eigenvalue weighted by Crippen LogP contribution is 2.45. The Bertz CT molecular complexity index is 1570. The van der Waals surface area contributed by atoms with E-state index in [1.54, 1.807) is 0 Å². The lowest BCUT2D eigenvalue weighted by Crippen LogP contribution is -2.47. The highest BCUT2D eigenvalue weighted by molar-refractivity contribution is 5.86. The van der Waals surface area contributed by atoms with Crippen LogP contribution < -0.4 is 4.74 Å². The Labute approximate surface area is 242 Å². The number of para-hydroxylation sites is 1. The van der Waals surface area contributed by atoms with Gasteiger partial charge in [-0.1, -0.05) is 81.8 Å². The van der Waals surface area contributed by atoms with Gasteiger partial charge in [0, 0.05) is 35.5 Å². The highest BCUT2D eigenvalue weighted by atomic mass is 16.6. The van der Waals surface area contributed by atoms with Crippen LogP contribution >= 0.6 is 0 Å². The van der Waals surface area contributed by atoms with Gasteiger partial charge in [0.05, 0.1) is 6.61 Å². The molecular weight excluding hydrogens is 508 g/mol. The van der Waals surface area contributed by atoms with Crippen molar-refractivity contribution < 1.29 is 14.3 Å². The van der Waals surface area contributed by atoms with Gasteiger partial charge in [-0.15, -0.1) is 0 Å². The number of aromatic nitrogens is 1. The van der Waals surface area contributed by atoms with Crippen LogP contribution in [0.1, 0.15) is 74.0 Å². The standard InChI is InChI=1S/C36H40N2O3/c1-23-13-15-29(36(2,3)26-9-5-4-6-10-26)32(21-23)41-35(39)38-19-17-28-27-11-7-8-12-30(27)37-33(28)34(38)25-14-16-31-24(22-25)18-20-40-31/h4-12,14,16,22-23,29,32,34,37H,13,15,17-21H2,1-3H3/t23?,29?,32?,34-/m1/s1. The van der Waals surface area contributed by atoms with Crippen LogP contribution in [0.3, 0.4) is 0 Å². The number of fused-ring (bicyclic) bond motifs is 4. The fourth-order valence-corrected chi connectivity index (χ4v) is 7.72. The van der Waals surface area contributed by atoms with Crippen LogP contribution in [0.15, 0.2) is 72.8 Å². The van der Waals surface area contributed by atoms with E-state index in [0.29, 0.717) is 19.1 Å². The number of aromatic amines is 1. The summed E-state index contributed by atoms with van der Waals surface area (Å²) >= 11 is 0. The van der Waals surface area contributed by atoms with Crippen molar-refractivity contribution >= 4 is 17.0 Å². The first-order valence-electron chi connectivity index (χ1n) is 15.3. The second kappa shape index (κ2) is 10.3. The van der Waals surface area contributed by atoms with Gasteiger partial charge in [-0.05, 0) is 71.0 Å². The maximum atomic E-state index is 14.3. The summed E-state index contributed by atoms with van der Waals surface area (Å²) in [6.45, 7) is 8.26. The fourth-order valence-electron chi connectivity index (χ4n) is 7.72.